The van der Waals surface area contributed by atoms with Crippen LogP contribution in [0.15, 0.2) is 18.2 Å². The van der Waals surface area contributed by atoms with Gasteiger partial charge >= 0.3 is 0 Å². The van der Waals surface area contributed by atoms with E-state index in [2.05, 4.69) is 42.3 Å². The first-order valence-electron chi connectivity index (χ1n) is 8.40. The van der Waals surface area contributed by atoms with Crippen molar-refractivity contribution in [3.63, 3.8) is 0 Å². The first-order valence-corrected chi connectivity index (χ1v) is 8.40. The van der Waals surface area contributed by atoms with Crippen LogP contribution in [0.5, 0.6) is 0 Å². The summed E-state index contributed by atoms with van der Waals surface area (Å²) in [7, 11) is 0. The molecule has 1 N–H and O–H groups in total. The maximum absolute atomic E-state index is 3.60. The summed E-state index contributed by atoms with van der Waals surface area (Å²) in [6.45, 7) is 7.07. The molecule has 0 aliphatic carbocycles. The molecule has 1 saturated heterocycles. The molecule has 2 nitrogen and oxygen atoms in total. The molecule has 1 fully saturated rings. The summed E-state index contributed by atoms with van der Waals surface area (Å²) in [6, 6.07) is 7.65. The van der Waals surface area contributed by atoms with Gasteiger partial charge in [-0.2, -0.15) is 0 Å². The zero-order chi connectivity index (χ0) is 13.9. The Bertz CT molecular complexity index is 447. The molecule has 2 heteroatoms. The number of fused-ring (bicyclic) bond motifs is 1. The van der Waals surface area contributed by atoms with Gasteiger partial charge in [0.25, 0.3) is 0 Å². The first kappa shape index (κ1) is 13.8. The van der Waals surface area contributed by atoms with E-state index < -0.39 is 0 Å². The molecule has 110 valence electrons. The van der Waals surface area contributed by atoms with Crippen molar-refractivity contribution in [1.82, 2.24) is 0 Å². The van der Waals surface area contributed by atoms with Gasteiger partial charge < -0.3 is 10.2 Å². The molecule has 2 heterocycles. The van der Waals surface area contributed by atoms with Gasteiger partial charge in [-0.1, -0.05) is 19.8 Å². The molecule has 0 bridgehead atoms. The fourth-order valence-electron chi connectivity index (χ4n) is 3.72. The van der Waals surface area contributed by atoms with Gasteiger partial charge in [0.05, 0.1) is 0 Å². The minimum atomic E-state index is 0.623. The Morgan fingerprint density at radius 2 is 2.00 bits per heavy atom. The predicted molar refractivity (Wildman–Crippen MR) is 87.7 cm³/mol. The molecular weight excluding hydrogens is 244 g/mol. The van der Waals surface area contributed by atoms with Crippen molar-refractivity contribution in [3.8, 4) is 0 Å². The zero-order valence-corrected chi connectivity index (χ0v) is 13.0. The van der Waals surface area contributed by atoms with E-state index >= 15 is 0 Å². The fourth-order valence-corrected chi connectivity index (χ4v) is 3.72. The van der Waals surface area contributed by atoms with Gasteiger partial charge in [0.2, 0.25) is 0 Å². The summed E-state index contributed by atoms with van der Waals surface area (Å²) < 4.78 is 0. The van der Waals surface area contributed by atoms with Crippen LogP contribution in [0.1, 0.15) is 51.5 Å². The van der Waals surface area contributed by atoms with Crippen LogP contribution in [0.4, 0.5) is 11.4 Å². The lowest BCUT2D eigenvalue weighted by Gasteiger charge is -2.34. The number of piperidine rings is 1. The summed E-state index contributed by atoms with van der Waals surface area (Å²) in [4.78, 5) is 2.59. The standard InChI is InChI=1S/C18H28N2/c1-3-4-15-9-11-20(12-10-15)17-7-8-18-16(13-17)6-5-14(2)19-18/h7-8,13-15,19H,3-6,9-12H2,1-2H3. The lowest BCUT2D eigenvalue weighted by molar-refractivity contribution is 0.378. The molecule has 0 spiro atoms. The quantitative estimate of drug-likeness (QED) is 0.874. The van der Waals surface area contributed by atoms with Gasteiger partial charge in [0.15, 0.2) is 0 Å². The second kappa shape index (κ2) is 6.07. The van der Waals surface area contributed by atoms with E-state index in [-0.39, 0.29) is 0 Å². The van der Waals surface area contributed by atoms with E-state index in [4.69, 9.17) is 0 Å². The summed E-state index contributed by atoms with van der Waals surface area (Å²) in [5, 5.41) is 3.60. The lowest BCUT2D eigenvalue weighted by Crippen LogP contribution is -2.33. The maximum Gasteiger partial charge on any atom is 0.0376 e. The summed E-state index contributed by atoms with van der Waals surface area (Å²) in [6.07, 6.45) is 7.99. The van der Waals surface area contributed by atoms with Crippen molar-refractivity contribution in [2.75, 3.05) is 23.3 Å². The Morgan fingerprint density at radius 3 is 2.75 bits per heavy atom. The van der Waals surface area contributed by atoms with Crippen LogP contribution in [0.2, 0.25) is 0 Å². The normalized spacial score (nSPS) is 23.3. The van der Waals surface area contributed by atoms with Crippen molar-refractivity contribution in [2.45, 2.75) is 58.4 Å². The third kappa shape index (κ3) is 2.94. The van der Waals surface area contributed by atoms with Crippen molar-refractivity contribution >= 4 is 11.4 Å². The largest absolute Gasteiger partial charge is 0.382 e. The van der Waals surface area contributed by atoms with Crippen molar-refractivity contribution in [3.05, 3.63) is 23.8 Å². The Morgan fingerprint density at radius 1 is 1.20 bits per heavy atom. The van der Waals surface area contributed by atoms with Crippen LogP contribution in [-0.4, -0.2) is 19.1 Å². The fraction of sp³-hybridized carbons (Fsp3) is 0.667. The smallest absolute Gasteiger partial charge is 0.0376 e. The second-order valence-electron chi connectivity index (χ2n) is 6.64. The van der Waals surface area contributed by atoms with Crippen LogP contribution in [0.25, 0.3) is 0 Å². The summed E-state index contributed by atoms with van der Waals surface area (Å²) in [5.74, 6) is 0.969. The van der Waals surface area contributed by atoms with Crippen LogP contribution >= 0.6 is 0 Å². The summed E-state index contributed by atoms with van der Waals surface area (Å²) in [5.41, 5.74) is 4.31. The average molecular weight is 272 g/mol. The molecule has 3 rings (SSSR count). The SMILES string of the molecule is CCCC1CCN(c2ccc3c(c2)CCC(C)N3)CC1. The van der Waals surface area contributed by atoms with Gasteiger partial charge in [0, 0.05) is 30.5 Å². The maximum atomic E-state index is 3.60. The topological polar surface area (TPSA) is 15.3 Å². The highest BCUT2D eigenvalue weighted by Crippen LogP contribution is 2.31. The molecule has 1 aromatic carbocycles. The van der Waals surface area contributed by atoms with Gasteiger partial charge in [-0.05, 0) is 62.3 Å². The second-order valence-corrected chi connectivity index (χ2v) is 6.64. The number of anilines is 2. The molecule has 0 radical (unpaired) electrons. The predicted octanol–water partition coefficient (Wildman–Crippen LogP) is 4.45. The van der Waals surface area contributed by atoms with Crippen molar-refractivity contribution in [1.29, 1.82) is 0 Å². The van der Waals surface area contributed by atoms with E-state index in [9.17, 15) is 0 Å². The number of hydrogen-bond donors (Lipinski definition) is 1. The Balaban J connectivity index is 1.66. The molecule has 0 amide bonds. The number of hydrogen-bond acceptors (Lipinski definition) is 2. The molecule has 1 atom stereocenters. The highest BCUT2D eigenvalue weighted by atomic mass is 15.1. The molecule has 2 aliphatic heterocycles. The van der Waals surface area contributed by atoms with Crippen LogP contribution in [0, 0.1) is 5.92 Å². The van der Waals surface area contributed by atoms with E-state index in [1.54, 1.807) is 0 Å². The Labute approximate surface area is 123 Å². The number of benzene rings is 1. The number of nitrogens with one attached hydrogen (secondary N) is 1. The van der Waals surface area contributed by atoms with Crippen molar-refractivity contribution < 1.29 is 0 Å². The molecular formula is C18H28N2. The molecule has 0 aromatic heterocycles. The zero-order valence-electron chi connectivity index (χ0n) is 13.0. The molecule has 0 saturated carbocycles. The van der Waals surface area contributed by atoms with Gasteiger partial charge in [-0.15, -0.1) is 0 Å². The minimum absolute atomic E-state index is 0.623. The van der Waals surface area contributed by atoms with Gasteiger partial charge in [-0.3, -0.25) is 0 Å². The number of aryl methyl sites for hydroxylation is 1. The Kier molecular flexibility index (Phi) is 4.18. The third-order valence-electron chi connectivity index (χ3n) is 5.01. The average Bonchev–Trinajstić information content (AvgIpc) is 2.48. The Hall–Kier alpha value is -1.18. The molecule has 2 aliphatic rings. The van der Waals surface area contributed by atoms with Crippen LogP contribution in [0.3, 0.4) is 0 Å². The highest BCUT2D eigenvalue weighted by molar-refractivity contribution is 5.62. The van der Waals surface area contributed by atoms with Crippen LogP contribution in [-0.2, 0) is 6.42 Å². The number of nitrogens with zero attached hydrogens (tertiary/aromatic N) is 1. The van der Waals surface area contributed by atoms with E-state index in [0.29, 0.717) is 6.04 Å². The molecule has 1 aromatic rings. The van der Waals surface area contributed by atoms with E-state index in [1.807, 2.05) is 0 Å². The monoisotopic (exact) mass is 272 g/mol. The van der Waals surface area contributed by atoms with Crippen LogP contribution < -0.4 is 10.2 Å². The first-order chi connectivity index (χ1) is 9.76. The van der Waals surface area contributed by atoms with Gasteiger partial charge in [-0.25, -0.2) is 0 Å². The molecule has 1 unspecified atom stereocenters. The number of rotatable bonds is 3. The van der Waals surface area contributed by atoms with Crippen molar-refractivity contribution in [2.24, 2.45) is 5.92 Å². The van der Waals surface area contributed by atoms with E-state index in [0.717, 1.165) is 5.92 Å². The third-order valence-corrected chi connectivity index (χ3v) is 5.01. The summed E-state index contributed by atoms with van der Waals surface area (Å²) >= 11 is 0. The minimum Gasteiger partial charge on any atom is -0.382 e. The molecule has 20 heavy (non-hydrogen) atoms. The highest BCUT2D eigenvalue weighted by Gasteiger charge is 2.20. The lowest BCUT2D eigenvalue weighted by atomic mass is 9.92. The van der Waals surface area contributed by atoms with E-state index in [1.165, 1.54) is 68.6 Å². The van der Waals surface area contributed by atoms with Gasteiger partial charge in [0.1, 0.15) is 0 Å².